The van der Waals surface area contributed by atoms with Crippen LogP contribution in [-0.4, -0.2) is 46.2 Å². The molecular formula is C11H14BrN3O4. The normalized spacial score (nSPS) is 15.6. The second-order valence-corrected chi connectivity index (χ2v) is 5.11. The Morgan fingerprint density at radius 3 is 2.63 bits per heavy atom. The summed E-state index contributed by atoms with van der Waals surface area (Å²) in [6.07, 6.45) is 1.39. The van der Waals surface area contributed by atoms with Gasteiger partial charge in [-0.3, -0.25) is 9.59 Å². The molecule has 0 bridgehead atoms. The SMILES string of the molecule is Cn1cc(Br)c(=O)n(CC(=O)N2CCOCC2)c1=O. The van der Waals surface area contributed by atoms with Crippen LogP contribution >= 0.6 is 15.9 Å². The molecule has 1 saturated heterocycles. The van der Waals surface area contributed by atoms with E-state index in [-0.39, 0.29) is 16.9 Å². The number of amides is 1. The Hall–Kier alpha value is -1.41. The lowest BCUT2D eigenvalue weighted by atomic mass is 10.4. The minimum atomic E-state index is -0.505. The van der Waals surface area contributed by atoms with Crippen LogP contribution in [0.2, 0.25) is 0 Å². The fourth-order valence-corrected chi connectivity index (χ4v) is 2.40. The Bertz CT molecular complexity index is 567. The molecule has 1 amide bonds. The van der Waals surface area contributed by atoms with Crippen molar-refractivity contribution >= 4 is 21.8 Å². The molecule has 1 aromatic rings. The third-order valence-corrected chi connectivity index (χ3v) is 3.49. The van der Waals surface area contributed by atoms with E-state index in [2.05, 4.69) is 15.9 Å². The first kappa shape index (κ1) is 14.0. The summed E-state index contributed by atoms with van der Waals surface area (Å²) in [5.74, 6) is -0.249. The Balaban J connectivity index is 2.26. The molecule has 104 valence electrons. The van der Waals surface area contributed by atoms with Gasteiger partial charge in [0.25, 0.3) is 5.56 Å². The number of nitrogens with zero attached hydrogens (tertiary/aromatic N) is 3. The van der Waals surface area contributed by atoms with E-state index in [1.165, 1.54) is 17.8 Å². The van der Waals surface area contributed by atoms with Crippen molar-refractivity contribution in [3.8, 4) is 0 Å². The van der Waals surface area contributed by atoms with Crippen LogP contribution in [0.1, 0.15) is 0 Å². The first-order valence-corrected chi connectivity index (χ1v) is 6.61. The van der Waals surface area contributed by atoms with E-state index in [1.807, 2.05) is 0 Å². The van der Waals surface area contributed by atoms with Crippen LogP contribution in [0.15, 0.2) is 20.3 Å². The molecule has 0 N–H and O–H groups in total. The largest absolute Gasteiger partial charge is 0.378 e. The molecule has 2 heterocycles. The Morgan fingerprint density at radius 2 is 2.00 bits per heavy atom. The number of rotatable bonds is 2. The number of carbonyl (C=O) groups is 1. The van der Waals surface area contributed by atoms with Gasteiger partial charge in [-0.25, -0.2) is 9.36 Å². The highest BCUT2D eigenvalue weighted by Gasteiger charge is 2.19. The second-order valence-electron chi connectivity index (χ2n) is 4.25. The van der Waals surface area contributed by atoms with Gasteiger partial charge in [0.2, 0.25) is 5.91 Å². The van der Waals surface area contributed by atoms with E-state index < -0.39 is 11.2 Å². The van der Waals surface area contributed by atoms with Crippen molar-refractivity contribution < 1.29 is 9.53 Å². The summed E-state index contributed by atoms with van der Waals surface area (Å²) in [7, 11) is 1.53. The highest BCUT2D eigenvalue weighted by atomic mass is 79.9. The van der Waals surface area contributed by atoms with Gasteiger partial charge in [0.1, 0.15) is 6.54 Å². The maximum atomic E-state index is 12.0. The van der Waals surface area contributed by atoms with Gasteiger partial charge in [-0.05, 0) is 15.9 Å². The fourth-order valence-electron chi connectivity index (χ4n) is 1.87. The van der Waals surface area contributed by atoms with Crippen LogP contribution in [0.3, 0.4) is 0 Å². The van der Waals surface area contributed by atoms with Crippen molar-refractivity contribution in [3.05, 3.63) is 31.5 Å². The van der Waals surface area contributed by atoms with Crippen LogP contribution in [0, 0.1) is 0 Å². The number of hydrogen-bond donors (Lipinski definition) is 0. The molecule has 2 rings (SSSR count). The van der Waals surface area contributed by atoms with E-state index in [4.69, 9.17) is 4.74 Å². The van der Waals surface area contributed by atoms with Gasteiger partial charge >= 0.3 is 5.69 Å². The average molecular weight is 332 g/mol. The lowest BCUT2D eigenvalue weighted by molar-refractivity contribution is -0.136. The lowest BCUT2D eigenvalue weighted by Crippen LogP contribution is -2.47. The topological polar surface area (TPSA) is 73.5 Å². The molecule has 0 aliphatic carbocycles. The molecule has 0 spiro atoms. The maximum absolute atomic E-state index is 12.0. The Morgan fingerprint density at radius 1 is 1.37 bits per heavy atom. The summed E-state index contributed by atoms with van der Waals surface area (Å²) in [5.41, 5.74) is -1.00. The van der Waals surface area contributed by atoms with Crippen LogP contribution in [-0.2, 0) is 23.1 Å². The minimum Gasteiger partial charge on any atom is -0.378 e. The molecule has 1 aliphatic rings. The number of aryl methyl sites for hydroxylation is 1. The zero-order valence-corrected chi connectivity index (χ0v) is 12.1. The van der Waals surface area contributed by atoms with Gasteiger partial charge in [-0.15, -0.1) is 0 Å². The van der Waals surface area contributed by atoms with E-state index in [0.717, 1.165) is 4.57 Å². The summed E-state index contributed by atoms with van der Waals surface area (Å²) in [5, 5.41) is 0. The molecule has 0 atom stereocenters. The van der Waals surface area contributed by atoms with Gasteiger partial charge < -0.3 is 14.2 Å². The van der Waals surface area contributed by atoms with E-state index in [1.54, 1.807) is 4.90 Å². The zero-order chi connectivity index (χ0) is 14.0. The number of halogens is 1. The standard InChI is InChI=1S/C11H14BrN3O4/c1-13-6-8(12)10(17)15(11(13)18)7-9(16)14-2-4-19-5-3-14/h6H,2-5,7H2,1H3. The highest BCUT2D eigenvalue weighted by Crippen LogP contribution is 2.00. The van der Waals surface area contributed by atoms with E-state index in [0.29, 0.717) is 26.3 Å². The van der Waals surface area contributed by atoms with Crippen LogP contribution in [0.5, 0.6) is 0 Å². The molecule has 19 heavy (non-hydrogen) atoms. The van der Waals surface area contributed by atoms with Crippen molar-refractivity contribution in [2.45, 2.75) is 6.54 Å². The summed E-state index contributed by atoms with van der Waals surface area (Å²) in [6, 6.07) is 0. The second kappa shape index (κ2) is 5.70. The van der Waals surface area contributed by atoms with E-state index in [9.17, 15) is 14.4 Å². The van der Waals surface area contributed by atoms with Crippen LogP contribution in [0.25, 0.3) is 0 Å². The number of aromatic nitrogens is 2. The van der Waals surface area contributed by atoms with E-state index >= 15 is 0 Å². The fraction of sp³-hybridized carbons (Fsp3) is 0.545. The Labute approximate surface area is 117 Å². The summed E-state index contributed by atoms with van der Waals surface area (Å²) in [4.78, 5) is 37.4. The van der Waals surface area contributed by atoms with Crippen molar-refractivity contribution in [2.75, 3.05) is 26.3 Å². The summed E-state index contributed by atoms with van der Waals surface area (Å²) >= 11 is 3.08. The van der Waals surface area contributed by atoms with Crippen LogP contribution in [0.4, 0.5) is 0 Å². The number of hydrogen-bond acceptors (Lipinski definition) is 4. The first-order valence-electron chi connectivity index (χ1n) is 5.82. The van der Waals surface area contributed by atoms with Gasteiger partial charge in [-0.2, -0.15) is 0 Å². The maximum Gasteiger partial charge on any atom is 0.331 e. The predicted molar refractivity (Wildman–Crippen MR) is 71.0 cm³/mol. The quantitative estimate of drug-likeness (QED) is 0.709. The van der Waals surface area contributed by atoms with Gasteiger partial charge in [-0.1, -0.05) is 0 Å². The predicted octanol–water partition coefficient (Wildman–Crippen LogP) is -0.832. The molecule has 0 radical (unpaired) electrons. The molecule has 0 unspecified atom stereocenters. The molecule has 0 saturated carbocycles. The van der Waals surface area contributed by atoms with Gasteiger partial charge in [0, 0.05) is 26.3 Å². The molecule has 1 fully saturated rings. The minimum absolute atomic E-state index is 0.245. The monoisotopic (exact) mass is 331 g/mol. The molecule has 1 aliphatic heterocycles. The first-order chi connectivity index (χ1) is 9.00. The number of ether oxygens (including phenoxy) is 1. The van der Waals surface area contributed by atoms with Crippen molar-refractivity contribution in [1.29, 1.82) is 0 Å². The molecule has 1 aromatic heterocycles. The van der Waals surface area contributed by atoms with Crippen molar-refractivity contribution in [3.63, 3.8) is 0 Å². The smallest absolute Gasteiger partial charge is 0.331 e. The lowest BCUT2D eigenvalue weighted by Gasteiger charge is -2.26. The van der Waals surface area contributed by atoms with Crippen molar-refractivity contribution in [1.82, 2.24) is 14.0 Å². The summed E-state index contributed by atoms with van der Waals surface area (Å²) in [6.45, 7) is 1.70. The Kier molecular flexibility index (Phi) is 4.20. The number of morpholine rings is 1. The third kappa shape index (κ3) is 2.95. The highest BCUT2D eigenvalue weighted by molar-refractivity contribution is 9.10. The molecule has 0 aromatic carbocycles. The van der Waals surface area contributed by atoms with Crippen molar-refractivity contribution in [2.24, 2.45) is 7.05 Å². The molecule has 7 nitrogen and oxygen atoms in total. The zero-order valence-electron chi connectivity index (χ0n) is 10.5. The molecule has 8 heteroatoms. The number of carbonyl (C=O) groups excluding carboxylic acids is 1. The summed E-state index contributed by atoms with van der Waals surface area (Å²) < 4.78 is 7.60. The van der Waals surface area contributed by atoms with Gasteiger partial charge in [0.15, 0.2) is 0 Å². The average Bonchev–Trinajstić information content (AvgIpc) is 2.42. The molecular weight excluding hydrogens is 318 g/mol. The van der Waals surface area contributed by atoms with Crippen LogP contribution < -0.4 is 11.2 Å². The van der Waals surface area contributed by atoms with Gasteiger partial charge in [0.05, 0.1) is 17.7 Å². The third-order valence-electron chi connectivity index (χ3n) is 2.95.